The number of amides is 1. The minimum Gasteiger partial charge on any atom is -0.322 e. The average Bonchev–Trinajstić information content (AvgIpc) is 2.85. The lowest BCUT2D eigenvalue weighted by atomic mass is 9.97. The van der Waals surface area contributed by atoms with Crippen molar-refractivity contribution in [2.24, 2.45) is 0 Å². The molecule has 2 fully saturated rings. The first-order valence-corrected chi connectivity index (χ1v) is 7.46. The van der Waals surface area contributed by atoms with Crippen LogP contribution in [0.5, 0.6) is 0 Å². The number of alkyl halides is 3. The van der Waals surface area contributed by atoms with Gasteiger partial charge in [-0.2, -0.15) is 13.2 Å². The summed E-state index contributed by atoms with van der Waals surface area (Å²) in [5.41, 5.74) is -0.584. The van der Waals surface area contributed by atoms with Gasteiger partial charge in [-0.1, -0.05) is 26.2 Å². The third kappa shape index (κ3) is 2.95. The number of rotatable bonds is 4. The number of halogens is 3. The number of hydrogen-bond donors (Lipinski definition) is 1. The van der Waals surface area contributed by atoms with Crippen molar-refractivity contribution < 1.29 is 18.0 Å². The van der Waals surface area contributed by atoms with Crippen molar-refractivity contribution >= 4 is 5.91 Å². The summed E-state index contributed by atoms with van der Waals surface area (Å²) in [6, 6.07) is -0.800. The van der Waals surface area contributed by atoms with E-state index in [1.165, 1.54) is 11.8 Å². The van der Waals surface area contributed by atoms with E-state index in [-0.39, 0.29) is 12.1 Å². The zero-order valence-electron chi connectivity index (χ0n) is 12.1. The zero-order valence-corrected chi connectivity index (χ0v) is 12.1. The topological polar surface area (TPSA) is 32.3 Å². The number of nitrogens with one attached hydrogen (secondary N) is 1. The Morgan fingerprint density at radius 1 is 1.40 bits per heavy atom. The third-order valence-corrected chi connectivity index (χ3v) is 4.44. The lowest BCUT2D eigenvalue weighted by Gasteiger charge is -2.31. The van der Waals surface area contributed by atoms with Gasteiger partial charge in [-0.3, -0.25) is 10.1 Å². The van der Waals surface area contributed by atoms with Crippen molar-refractivity contribution in [3.05, 3.63) is 0 Å². The highest BCUT2D eigenvalue weighted by atomic mass is 19.4. The molecule has 2 unspecified atom stereocenters. The summed E-state index contributed by atoms with van der Waals surface area (Å²) in [7, 11) is 0. The van der Waals surface area contributed by atoms with Gasteiger partial charge < -0.3 is 4.90 Å². The number of hydrogen-bond acceptors (Lipinski definition) is 2. The van der Waals surface area contributed by atoms with Crippen LogP contribution in [0.25, 0.3) is 0 Å². The van der Waals surface area contributed by atoms with Gasteiger partial charge in [0, 0.05) is 6.04 Å². The van der Waals surface area contributed by atoms with Crippen LogP contribution in [0.15, 0.2) is 0 Å². The Morgan fingerprint density at radius 2 is 2.00 bits per heavy atom. The first-order chi connectivity index (χ1) is 9.29. The van der Waals surface area contributed by atoms with Gasteiger partial charge >= 0.3 is 6.18 Å². The molecule has 1 saturated heterocycles. The van der Waals surface area contributed by atoms with Crippen LogP contribution < -0.4 is 5.32 Å². The molecule has 0 aromatic rings. The second kappa shape index (κ2) is 5.54. The molecule has 1 saturated carbocycles. The van der Waals surface area contributed by atoms with E-state index >= 15 is 0 Å². The maximum absolute atomic E-state index is 12.6. The zero-order chi connectivity index (χ0) is 15.0. The number of carbonyl (C=O) groups excluding carboxylic acids is 1. The van der Waals surface area contributed by atoms with Gasteiger partial charge in [0.25, 0.3) is 0 Å². The smallest absolute Gasteiger partial charge is 0.322 e. The minimum absolute atomic E-state index is 0.120. The Hall–Kier alpha value is -0.780. The van der Waals surface area contributed by atoms with Crippen LogP contribution >= 0.6 is 0 Å². The fourth-order valence-corrected chi connectivity index (χ4v) is 3.60. The molecular weight excluding hydrogens is 269 g/mol. The van der Waals surface area contributed by atoms with E-state index in [1.807, 2.05) is 6.92 Å². The van der Waals surface area contributed by atoms with E-state index in [0.717, 1.165) is 32.1 Å². The summed E-state index contributed by atoms with van der Waals surface area (Å²) in [6.45, 7) is 3.49. The molecular formula is C14H23F3N2O. The van der Waals surface area contributed by atoms with E-state index in [4.69, 9.17) is 0 Å². The van der Waals surface area contributed by atoms with Gasteiger partial charge in [0.1, 0.15) is 0 Å². The Labute approximate surface area is 117 Å². The summed E-state index contributed by atoms with van der Waals surface area (Å²) in [4.78, 5) is 14.1. The monoisotopic (exact) mass is 292 g/mol. The highest BCUT2D eigenvalue weighted by Gasteiger charge is 2.53. The van der Waals surface area contributed by atoms with Gasteiger partial charge in [-0.25, -0.2) is 0 Å². The Bertz CT molecular complexity index is 364. The largest absolute Gasteiger partial charge is 0.391 e. The van der Waals surface area contributed by atoms with Gasteiger partial charge in [-0.05, 0) is 26.2 Å². The van der Waals surface area contributed by atoms with E-state index in [9.17, 15) is 18.0 Å². The predicted molar refractivity (Wildman–Crippen MR) is 70.0 cm³/mol. The molecule has 3 nitrogen and oxygen atoms in total. The summed E-state index contributed by atoms with van der Waals surface area (Å²) >= 11 is 0. The van der Waals surface area contributed by atoms with Crippen LogP contribution in [-0.4, -0.2) is 34.7 Å². The molecule has 1 N–H and O–H groups in total. The molecule has 2 atom stereocenters. The molecule has 1 aliphatic heterocycles. The fourth-order valence-electron chi connectivity index (χ4n) is 3.60. The molecule has 2 rings (SSSR count). The van der Waals surface area contributed by atoms with Crippen molar-refractivity contribution in [1.82, 2.24) is 10.2 Å². The molecule has 1 amide bonds. The van der Waals surface area contributed by atoms with Crippen molar-refractivity contribution in [3.63, 3.8) is 0 Å². The average molecular weight is 292 g/mol. The summed E-state index contributed by atoms with van der Waals surface area (Å²) in [5.74, 6) is -0.120. The first kappa shape index (κ1) is 15.6. The predicted octanol–water partition coefficient (Wildman–Crippen LogP) is 3.20. The Morgan fingerprint density at radius 3 is 2.50 bits per heavy atom. The molecule has 0 bridgehead atoms. The summed E-state index contributed by atoms with van der Waals surface area (Å²) < 4.78 is 37.8. The van der Waals surface area contributed by atoms with Gasteiger partial charge in [0.15, 0.2) is 0 Å². The molecule has 116 valence electrons. The first-order valence-electron chi connectivity index (χ1n) is 7.46. The van der Waals surface area contributed by atoms with Gasteiger partial charge in [0.05, 0.1) is 18.1 Å². The van der Waals surface area contributed by atoms with Crippen LogP contribution in [0.1, 0.15) is 58.8 Å². The van der Waals surface area contributed by atoms with Crippen molar-refractivity contribution in [2.75, 3.05) is 0 Å². The third-order valence-electron chi connectivity index (χ3n) is 4.44. The quantitative estimate of drug-likeness (QED) is 0.863. The van der Waals surface area contributed by atoms with E-state index in [0.29, 0.717) is 6.42 Å². The maximum Gasteiger partial charge on any atom is 0.391 e. The standard InChI is InChI=1S/C14H23F3N2O/c1-3-6-11-18-13(7-4-5-8-13)12(20)19(11)10(2)9-14(15,16)17/h10-11,18H,3-9H2,1-2H3. The van der Waals surface area contributed by atoms with Crippen LogP contribution in [0.2, 0.25) is 0 Å². The minimum atomic E-state index is -4.23. The number of carbonyl (C=O) groups is 1. The SMILES string of the molecule is CCCC1NC2(CCCC2)C(=O)N1C(C)CC(F)(F)F. The van der Waals surface area contributed by atoms with Crippen molar-refractivity contribution in [2.45, 2.75) is 82.7 Å². The maximum atomic E-state index is 12.6. The molecule has 0 radical (unpaired) electrons. The van der Waals surface area contributed by atoms with Crippen LogP contribution in [0, 0.1) is 0 Å². The van der Waals surface area contributed by atoms with E-state index in [1.54, 1.807) is 0 Å². The van der Waals surface area contributed by atoms with Crippen molar-refractivity contribution in [3.8, 4) is 0 Å². The molecule has 20 heavy (non-hydrogen) atoms. The van der Waals surface area contributed by atoms with E-state index < -0.39 is 24.2 Å². The second-order valence-electron chi connectivity index (χ2n) is 6.12. The molecule has 1 spiro atoms. The van der Waals surface area contributed by atoms with E-state index in [2.05, 4.69) is 5.32 Å². The summed E-state index contributed by atoms with van der Waals surface area (Å²) in [5, 5.41) is 3.34. The van der Waals surface area contributed by atoms with Crippen molar-refractivity contribution in [1.29, 1.82) is 0 Å². The molecule has 2 aliphatic rings. The normalized spacial score (nSPS) is 27.6. The van der Waals surface area contributed by atoms with Crippen LogP contribution in [-0.2, 0) is 4.79 Å². The molecule has 0 aromatic carbocycles. The molecule has 1 aliphatic carbocycles. The number of nitrogens with zero attached hydrogens (tertiary/aromatic N) is 1. The summed E-state index contributed by atoms with van der Waals surface area (Å²) in [6.07, 6.45) is -0.423. The molecule has 1 heterocycles. The Balaban J connectivity index is 2.17. The lowest BCUT2D eigenvalue weighted by molar-refractivity contribution is -0.154. The highest BCUT2D eigenvalue weighted by molar-refractivity contribution is 5.89. The highest BCUT2D eigenvalue weighted by Crippen LogP contribution is 2.39. The molecule has 6 heteroatoms. The van der Waals surface area contributed by atoms with Crippen LogP contribution in [0.4, 0.5) is 13.2 Å². The van der Waals surface area contributed by atoms with Gasteiger partial charge in [0.2, 0.25) is 5.91 Å². The second-order valence-corrected chi connectivity index (χ2v) is 6.12. The van der Waals surface area contributed by atoms with Crippen LogP contribution in [0.3, 0.4) is 0 Å². The fraction of sp³-hybridized carbons (Fsp3) is 0.929. The molecule has 0 aromatic heterocycles. The Kier molecular flexibility index (Phi) is 4.33. The lowest BCUT2D eigenvalue weighted by Crippen LogP contribution is -2.46. The van der Waals surface area contributed by atoms with Gasteiger partial charge in [-0.15, -0.1) is 0 Å².